The van der Waals surface area contributed by atoms with Crippen molar-refractivity contribution in [3.8, 4) is 0 Å². The second-order valence-corrected chi connectivity index (χ2v) is 4.92. The van der Waals surface area contributed by atoms with E-state index in [0.29, 0.717) is 11.1 Å². The summed E-state index contributed by atoms with van der Waals surface area (Å²) >= 11 is 1.97. The molecule has 4 nitrogen and oxygen atoms in total. The lowest BCUT2D eigenvalue weighted by molar-refractivity contribution is 0.252. The SMILES string of the molecule is CC1CN(C(C)C(N)=NO)CCS1. The molecular weight excluding hydrogens is 186 g/mol. The average molecular weight is 203 g/mol. The monoisotopic (exact) mass is 203 g/mol. The molecule has 76 valence electrons. The van der Waals surface area contributed by atoms with E-state index in [1.807, 2.05) is 18.7 Å². The fraction of sp³-hybridized carbons (Fsp3) is 0.875. The van der Waals surface area contributed by atoms with Crippen LogP contribution in [0.3, 0.4) is 0 Å². The zero-order chi connectivity index (χ0) is 9.84. The lowest BCUT2D eigenvalue weighted by atomic mass is 10.2. The number of thioether (sulfide) groups is 1. The van der Waals surface area contributed by atoms with Gasteiger partial charge in [0.15, 0.2) is 5.84 Å². The lowest BCUT2D eigenvalue weighted by Crippen LogP contribution is -2.48. The summed E-state index contributed by atoms with van der Waals surface area (Å²) < 4.78 is 0. The van der Waals surface area contributed by atoms with Crippen LogP contribution in [0.4, 0.5) is 0 Å². The van der Waals surface area contributed by atoms with Gasteiger partial charge >= 0.3 is 0 Å². The molecule has 0 aromatic carbocycles. The van der Waals surface area contributed by atoms with Gasteiger partial charge in [-0.25, -0.2) is 0 Å². The molecule has 1 fully saturated rings. The van der Waals surface area contributed by atoms with Crippen molar-refractivity contribution in [1.29, 1.82) is 0 Å². The third-order valence-corrected chi connectivity index (χ3v) is 3.50. The van der Waals surface area contributed by atoms with Gasteiger partial charge in [0.05, 0.1) is 6.04 Å². The second kappa shape index (κ2) is 4.72. The summed E-state index contributed by atoms with van der Waals surface area (Å²) in [6.07, 6.45) is 0. The van der Waals surface area contributed by atoms with Crippen molar-refractivity contribution in [2.75, 3.05) is 18.8 Å². The molecule has 13 heavy (non-hydrogen) atoms. The molecule has 3 N–H and O–H groups in total. The Hall–Kier alpha value is -0.420. The molecule has 0 bridgehead atoms. The minimum absolute atomic E-state index is 0.0494. The molecular formula is C8H17N3OS. The summed E-state index contributed by atoms with van der Waals surface area (Å²) in [5, 5.41) is 12.2. The van der Waals surface area contributed by atoms with Crippen LogP contribution in [0.5, 0.6) is 0 Å². The zero-order valence-corrected chi connectivity index (χ0v) is 8.92. The van der Waals surface area contributed by atoms with Crippen LogP contribution in [0.15, 0.2) is 5.16 Å². The van der Waals surface area contributed by atoms with Crippen LogP contribution >= 0.6 is 11.8 Å². The van der Waals surface area contributed by atoms with Gasteiger partial charge in [0, 0.05) is 24.1 Å². The van der Waals surface area contributed by atoms with E-state index in [1.165, 1.54) is 0 Å². The van der Waals surface area contributed by atoms with Crippen molar-refractivity contribution in [3.63, 3.8) is 0 Å². The standard InChI is InChI=1S/C8H17N3OS/c1-6-5-11(3-4-13-6)7(2)8(9)10-12/h6-7,12H,3-5H2,1-2H3,(H2,9,10). The van der Waals surface area contributed by atoms with Crippen molar-refractivity contribution in [3.05, 3.63) is 0 Å². The highest BCUT2D eigenvalue weighted by Crippen LogP contribution is 2.19. The minimum atomic E-state index is 0.0494. The van der Waals surface area contributed by atoms with Crippen molar-refractivity contribution < 1.29 is 5.21 Å². The largest absolute Gasteiger partial charge is 0.409 e. The fourth-order valence-corrected chi connectivity index (χ4v) is 2.51. The summed E-state index contributed by atoms with van der Waals surface area (Å²) in [7, 11) is 0. The number of hydrogen-bond donors (Lipinski definition) is 2. The van der Waals surface area contributed by atoms with Gasteiger partial charge in [-0.1, -0.05) is 12.1 Å². The maximum atomic E-state index is 8.53. The van der Waals surface area contributed by atoms with E-state index < -0.39 is 0 Å². The molecule has 0 aromatic rings. The second-order valence-electron chi connectivity index (χ2n) is 3.38. The molecule has 2 atom stereocenters. The van der Waals surface area contributed by atoms with Crippen molar-refractivity contribution in [1.82, 2.24) is 4.90 Å². The quantitative estimate of drug-likeness (QED) is 0.298. The van der Waals surface area contributed by atoms with E-state index in [1.54, 1.807) is 0 Å². The fourth-order valence-electron chi connectivity index (χ4n) is 1.47. The smallest absolute Gasteiger partial charge is 0.156 e. The molecule has 0 radical (unpaired) electrons. The molecule has 0 aliphatic carbocycles. The van der Waals surface area contributed by atoms with E-state index in [-0.39, 0.29) is 6.04 Å². The van der Waals surface area contributed by atoms with Crippen LogP contribution in [0.1, 0.15) is 13.8 Å². The zero-order valence-electron chi connectivity index (χ0n) is 8.10. The van der Waals surface area contributed by atoms with Gasteiger partial charge in [-0.2, -0.15) is 11.8 Å². The average Bonchev–Trinajstić information content (AvgIpc) is 2.15. The van der Waals surface area contributed by atoms with E-state index in [9.17, 15) is 0 Å². The molecule has 1 saturated heterocycles. The lowest BCUT2D eigenvalue weighted by Gasteiger charge is -2.34. The molecule has 1 aliphatic rings. The first kappa shape index (κ1) is 10.7. The third kappa shape index (κ3) is 2.77. The van der Waals surface area contributed by atoms with Crippen LogP contribution in [-0.2, 0) is 0 Å². The highest BCUT2D eigenvalue weighted by atomic mass is 32.2. The number of oxime groups is 1. The Labute approximate surface area is 83.2 Å². The maximum absolute atomic E-state index is 8.53. The number of nitrogens with zero attached hydrogens (tertiary/aromatic N) is 2. The van der Waals surface area contributed by atoms with E-state index in [0.717, 1.165) is 18.8 Å². The summed E-state index contributed by atoms with van der Waals surface area (Å²) in [4.78, 5) is 2.25. The first-order chi connectivity index (χ1) is 6.15. The molecule has 1 heterocycles. The minimum Gasteiger partial charge on any atom is -0.409 e. The van der Waals surface area contributed by atoms with Crippen molar-refractivity contribution in [2.45, 2.75) is 25.1 Å². The summed E-state index contributed by atoms with van der Waals surface area (Å²) in [6, 6.07) is 0.0494. The predicted octanol–water partition coefficient (Wildman–Crippen LogP) is 0.559. The normalized spacial score (nSPS) is 28.8. The molecule has 0 spiro atoms. The topological polar surface area (TPSA) is 61.8 Å². The first-order valence-electron chi connectivity index (χ1n) is 4.48. The van der Waals surface area contributed by atoms with Crippen LogP contribution in [-0.4, -0.2) is 46.1 Å². The Bertz CT molecular complexity index is 198. The van der Waals surface area contributed by atoms with Gasteiger partial charge in [-0.3, -0.25) is 4.90 Å². The third-order valence-electron chi connectivity index (χ3n) is 2.36. The van der Waals surface area contributed by atoms with Gasteiger partial charge < -0.3 is 10.9 Å². The van der Waals surface area contributed by atoms with E-state index in [4.69, 9.17) is 10.9 Å². The number of hydrogen-bond acceptors (Lipinski definition) is 4. The number of amidine groups is 1. The van der Waals surface area contributed by atoms with Gasteiger partial charge in [-0.05, 0) is 6.92 Å². The highest BCUT2D eigenvalue weighted by molar-refractivity contribution is 7.99. The Balaban J connectivity index is 2.50. The van der Waals surface area contributed by atoms with Gasteiger partial charge in [0.2, 0.25) is 0 Å². The Morgan fingerprint density at radius 3 is 3.00 bits per heavy atom. The van der Waals surface area contributed by atoms with Crippen LogP contribution in [0.2, 0.25) is 0 Å². The van der Waals surface area contributed by atoms with Gasteiger partial charge in [0.25, 0.3) is 0 Å². The van der Waals surface area contributed by atoms with Crippen LogP contribution in [0, 0.1) is 0 Å². The van der Waals surface area contributed by atoms with E-state index >= 15 is 0 Å². The van der Waals surface area contributed by atoms with Crippen LogP contribution < -0.4 is 5.73 Å². The van der Waals surface area contributed by atoms with Gasteiger partial charge in [-0.15, -0.1) is 0 Å². The predicted molar refractivity (Wildman–Crippen MR) is 56.4 cm³/mol. The Morgan fingerprint density at radius 1 is 1.77 bits per heavy atom. The maximum Gasteiger partial charge on any atom is 0.156 e. The van der Waals surface area contributed by atoms with Crippen molar-refractivity contribution >= 4 is 17.6 Å². The van der Waals surface area contributed by atoms with Crippen LogP contribution in [0.25, 0.3) is 0 Å². The summed E-state index contributed by atoms with van der Waals surface area (Å²) in [5.41, 5.74) is 5.54. The van der Waals surface area contributed by atoms with Crippen molar-refractivity contribution in [2.24, 2.45) is 10.9 Å². The molecule has 1 aliphatic heterocycles. The molecule has 1 rings (SSSR count). The Morgan fingerprint density at radius 2 is 2.46 bits per heavy atom. The molecule has 2 unspecified atom stereocenters. The molecule has 0 aromatic heterocycles. The molecule has 5 heteroatoms. The number of rotatable bonds is 2. The molecule has 0 amide bonds. The first-order valence-corrected chi connectivity index (χ1v) is 5.53. The highest BCUT2D eigenvalue weighted by Gasteiger charge is 2.23. The number of nitrogens with two attached hydrogens (primary N) is 1. The van der Waals surface area contributed by atoms with E-state index in [2.05, 4.69) is 17.0 Å². The summed E-state index contributed by atoms with van der Waals surface area (Å²) in [6.45, 7) is 6.21. The summed E-state index contributed by atoms with van der Waals surface area (Å²) in [5.74, 6) is 1.43. The Kier molecular flexibility index (Phi) is 3.87. The van der Waals surface area contributed by atoms with Gasteiger partial charge in [0.1, 0.15) is 0 Å². The molecule has 0 saturated carbocycles.